The molecule has 1 amide bonds. The molecule has 0 aliphatic heterocycles. The highest BCUT2D eigenvalue weighted by Gasteiger charge is 2.09. The van der Waals surface area contributed by atoms with Crippen LogP contribution < -0.4 is 16.2 Å². The van der Waals surface area contributed by atoms with Gasteiger partial charge >= 0.3 is 0 Å². The molecule has 2 aromatic rings. The van der Waals surface area contributed by atoms with Crippen molar-refractivity contribution in [3.63, 3.8) is 0 Å². The Kier molecular flexibility index (Phi) is 7.64. The Morgan fingerprint density at radius 3 is 2.38 bits per heavy atom. The maximum Gasteiger partial charge on any atom is 0.269 e. The third-order valence-corrected chi connectivity index (χ3v) is 4.61. The summed E-state index contributed by atoms with van der Waals surface area (Å²) < 4.78 is 0. The lowest BCUT2D eigenvalue weighted by molar-refractivity contribution is -0.384. The summed E-state index contributed by atoms with van der Waals surface area (Å²) in [5, 5.41) is 14.5. The van der Waals surface area contributed by atoms with Gasteiger partial charge in [-0.2, -0.15) is 0 Å². The number of carbonyl (C=O) groups is 1. The molecule has 2 rings (SSSR count). The van der Waals surface area contributed by atoms with E-state index in [1.54, 1.807) is 11.8 Å². The Morgan fingerprint density at radius 1 is 1.12 bits per heavy atom. The molecule has 0 unspecified atom stereocenters. The molecule has 136 valence electrons. The highest BCUT2D eigenvalue weighted by molar-refractivity contribution is 7.99. The smallest absolute Gasteiger partial charge is 0.269 e. The van der Waals surface area contributed by atoms with Crippen LogP contribution in [-0.4, -0.2) is 28.2 Å². The second-order valence-corrected chi connectivity index (χ2v) is 6.95. The number of carbonyl (C=O) groups excluding carboxylic acids is 1. The predicted molar refractivity (Wildman–Crippen MR) is 106 cm³/mol. The summed E-state index contributed by atoms with van der Waals surface area (Å²) >= 11 is 12.5. The highest BCUT2D eigenvalue weighted by Crippen LogP contribution is 2.19. The number of benzene rings is 2. The number of hydrogen-bond donors (Lipinski definition) is 3. The molecule has 0 aliphatic rings. The SMILES string of the molecule is O=C(NNC(=S)NCCSc1ccc(Cl)cc1)c1ccc([N+](=O)[O-])cc1. The van der Waals surface area contributed by atoms with Gasteiger partial charge in [0.25, 0.3) is 11.6 Å². The maximum absolute atomic E-state index is 11.9. The molecule has 0 spiro atoms. The lowest BCUT2D eigenvalue weighted by Crippen LogP contribution is -2.47. The van der Waals surface area contributed by atoms with Crippen molar-refractivity contribution in [2.75, 3.05) is 12.3 Å². The number of nitro groups is 1. The summed E-state index contributed by atoms with van der Waals surface area (Å²) in [5.41, 5.74) is 5.22. The van der Waals surface area contributed by atoms with Crippen LogP contribution in [0, 0.1) is 10.1 Å². The Bertz CT molecular complexity index is 785. The maximum atomic E-state index is 11.9. The standard InChI is InChI=1S/C16H15ClN4O3S2/c17-12-3-7-14(8-4-12)26-10-9-18-16(25)20-19-15(22)11-1-5-13(6-2-11)21(23)24/h1-8H,9-10H2,(H,19,22)(H2,18,20,25). The molecule has 0 saturated heterocycles. The molecule has 0 bridgehead atoms. The molecule has 2 aromatic carbocycles. The average molecular weight is 411 g/mol. The van der Waals surface area contributed by atoms with E-state index in [4.69, 9.17) is 23.8 Å². The van der Waals surface area contributed by atoms with E-state index >= 15 is 0 Å². The van der Waals surface area contributed by atoms with E-state index in [-0.39, 0.29) is 16.4 Å². The summed E-state index contributed by atoms with van der Waals surface area (Å²) in [4.78, 5) is 23.1. The number of thioether (sulfide) groups is 1. The average Bonchev–Trinajstić information content (AvgIpc) is 2.64. The molecular formula is C16H15ClN4O3S2. The fourth-order valence-electron chi connectivity index (χ4n) is 1.83. The number of hydrazine groups is 1. The molecule has 0 aliphatic carbocycles. The summed E-state index contributed by atoms with van der Waals surface area (Å²) in [7, 11) is 0. The number of non-ortho nitro benzene ring substituents is 1. The molecule has 0 radical (unpaired) electrons. The largest absolute Gasteiger partial charge is 0.361 e. The highest BCUT2D eigenvalue weighted by atomic mass is 35.5. The fourth-order valence-corrected chi connectivity index (χ4v) is 2.88. The van der Waals surface area contributed by atoms with Crippen LogP contribution in [0.15, 0.2) is 53.4 Å². The first-order valence-corrected chi connectivity index (χ1v) is 9.20. The van der Waals surface area contributed by atoms with Gasteiger partial charge in [-0.1, -0.05) is 11.6 Å². The molecule has 0 fully saturated rings. The minimum atomic E-state index is -0.527. The van der Waals surface area contributed by atoms with Crippen molar-refractivity contribution in [3.8, 4) is 0 Å². The van der Waals surface area contributed by atoms with Gasteiger partial charge in [-0.05, 0) is 48.6 Å². The Labute approximate surface area is 164 Å². The van der Waals surface area contributed by atoms with Crippen molar-refractivity contribution >= 4 is 52.3 Å². The van der Waals surface area contributed by atoms with Gasteiger partial charge in [0.1, 0.15) is 0 Å². The van der Waals surface area contributed by atoms with Crippen molar-refractivity contribution in [2.45, 2.75) is 4.90 Å². The minimum Gasteiger partial charge on any atom is -0.361 e. The van der Waals surface area contributed by atoms with Crippen LogP contribution in [0.2, 0.25) is 5.02 Å². The molecule has 3 N–H and O–H groups in total. The molecule has 10 heteroatoms. The number of amides is 1. The number of rotatable bonds is 6. The normalized spacial score (nSPS) is 10.0. The van der Waals surface area contributed by atoms with Crippen LogP contribution in [0.1, 0.15) is 10.4 Å². The molecule has 7 nitrogen and oxygen atoms in total. The van der Waals surface area contributed by atoms with Crippen LogP contribution in [0.25, 0.3) is 0 Å². The van der Waals surface area contributed by atoms with Gasteiger partial charge in [-0.25, -0.2) is 0 Å². The van der Waals surface area contributed by atoms with E-state index in [9.17, 15) is 14.9 Å². The summed E-state index contributed by atoms with van der Waals surface area (Å²) in [6.45, 7) is 0.604. The van der Waals surface area contributed by atoms with Crippen LogP contribution in [-0.2, 0) is 0 Å². The molecule has 26 heavy (non-hydrogen) atoms. The van der Waals surface area contributed by atoms with Crippen LogP contribution in [0.5, 0.6) is 0 Å². The van der Waals surface area contributed by atoms with Crippen LogP contribution >= 0.6 is 35.6 Å². The van der Waals surface area contributed by atoms with E-state index in [2.05, 4.69) is 16.2 Å². The predicted octanol–water partition coefficient (Wildman–Crippen LogP) is 3.15. The molecule has 0 aromatic heterocycles. The lowest BCUT2D eigenvalue weighted by atomic mass is 10.2. The third kappa shape index (κ3) is 6.51. The Morgan fingerprint density at radius 2 is 1.77 bits per heavy atom. The van der Waals surface area contributed by atoms with Gasteiger partial charge in [0.05, 0.1) is 4.92 Å². The van der Waals surface area contributed by atoms with E-state index in [1.807, 2.05) is 24.3 Å². The number of nitrogens with one attached hydrogen (secondary N) is 3. The third-order valence-electron chi connectivity index (χ3n) is 3.10. The summed E-state index contributed by atoms with van der Waals surface area (Å²) in [5.74, 6) is 0.333. The second kappa shape index (κ2) is 9.95. The van der Waals surface area contributed by atoms with Gasteiger partial charge in [0.15, 0.2) is 5.11 Å². The zero-order valence-corrected chi connectivity index (χ0v) is 15.8. The van der Waals surface area contributed by atoms with Crippen molar-refractivity contribution in [2.24, 2.45) is 0 Å². The minimum absolute atomic E-state index is 0.0788. The Balaban J connectivity index is 1.66. The first kappa shape index (κ1) is 20.0. The second-order valence-electron chi connectivity index (χ2n) is 4.94. The topological polar surface area (TPSA) is 96.3 Å². The number of halogens is 1. The van der Waals surface area contributed by atoms with Gasteiger partial charge < -0.3 is 5.32 Å². The molecule has 0 heterocycles. The zero-order valence-electron chi connectivity index (χ0n) is 13.4. The number of nitrogens with zero attached hydrogens (tertiary/aromatic N) is 1. The van der Waals surface area contributed by atoms with E-state index in [1.165, 1.54) is 24.3 Å². The van der Waals surface area contributed by atoms with Gasteiger partial charge in [-0.3, -0.25) is 25.8 Å². The Hall–Kier alpha value is -2.36. The fraction of sp³-hybridized carbons (Fsp3) is 0.125. The van der Waals surface area contributed by atoms with Crippen molar-refractivity contribution in [3.05, 3.63) is 69.2 Å². The van der Waals surface area contributed by atoms with Gasteiger partial charge in [-0.15, -0.1) is 11.8 Å². The number of hydrogen-bond acceptors (Lipinski definition) is 5. The number of nitro benzene ring substituents is 1. The van der Waals surface area contributed by atoms with Crippen molar-refractivity contribution < 1.29 is 9.72 Å². The van der Waals surface area contributed by atoms with E-state index in [0.29, 0.717) is 11.6 Å². The number of thiocarbonyl (C=S) groups is 1. The molecule has 0 atom stereocenters. The first-order valence-electron chi connectivity index (χ1n) is 7.43. The van der Waals surface area contributed by atoms with Crippen LogP contribution in [0.4, 0.5) is 5.69 Å². The molecular weight excluding hydrogens is 396 g/mol. The van der Waals surface area contributed by atoms with Gasteiger partial charge in [0, 0.05) is 39.9 Å². The first-order chi connectivity index (χ1) is 12.5. The van der Waals surface area contributed by atoms with E-state index in [0.717, 1.165) is 10.6 Å². The summed E-state index contributed by atoms with van der Waals surface area (Å²) in [6, 6.07) is 12.8. The van der Waals surface area contributed by atoms with Crippen molar-refractivity contribution in [1.29, 1.82) is 0 Å². The lowest BCUT2D eigenvalue weighted by Gasteiger charge is -2.11. The summed E-state index contributed by atoms with van der Waals surface area (Å²) in [6.07, 6.45) is 0. The molecule has 0 saturated carbocycles. The quantitative estimate of drug-likeness (QED) is 0.221. The van der Waals surface area contributed by atoms with E-state index < -0.39 is 10.8 Å². The van der Waals surface area contributed by atoms with Gasteiger partial charge in [0.2, 0.25) is 0 Å². The monoisotopic (exact) mass is 410 g/mol. The van der Waals surface area contributed by atoms with Crippen molar-refractivity contribution in [1.82, 2.24) is 16.2 Å². The zero-order chi connectivity index (χ0) is 18.9. The van der Waals surface area contributed by atoms with Crippen LogP contribution in [0.3, 0.4) is 0 Å².